The molecule has 7 nitrogen and oxygen atoms in total. The first kappa shape index (κ1) is 21.5. The Morgan fingerprint density at radius 2 is 2.12 bits per heavy atom. The van der Waals surface area contributed by atoms with E-state index in [4.69, 9.17) is 10.5 Å². The topological polar surface area (TPSA) is 94.1 Å². The van der Waals surface area contributed by atoms with E-state index in [9.17, 15) is 13.2 Å². The van der Waals surface area contributed by atoms with Gasteiger partial charge in [0.1, 0.15) is 23.9 Å². The van der Waals surface area contributed by atoms with Gasteiger partial charge in [0.25, 0.3) is 6.02 Å². The lowest BCUT2D eigenvalue weighted by Crippen LogP contribution is -2.51. The van der Waals surface area contributed by atoms with Crippen LogP contribution in [0.15, 0.2) is 40.4 Å². The van der Waals surface area contributed by atoms with Gasteiger partial charge in [0.05, 0.1) is 12.7 Å². The summed E-state index contributed by atoms with van der Waals surface area (Å²) in [5.41, 5.74) is 4.47. The third-order valence-electron chi connectivity index (χ3n) is 5.29. The van der Waals surface area contributed by atoms with Crippen LogP contribution in [-0.2, 0) is 16.8 Å². The molecule has 2 aliphatic rings. The van der Waals surface area contributed by atoms with Gasteiger partial charge in [-0.3, -0.25) is 4.99 Å². The number of aromatic nitrogens is 1. The highest BCUT2D eigenvalue weighted by Gasteiger charge is 2.56. The molecule has 0 aliphatic carbocycles. The van der Waals surface area contributed by atoms with E-state index >= 15 is 0 Å². The number of nitrogens with one attached hydrogen (secondary N) is 1. The first-order valence-corrected chi connectivity index (χ1v) is 9.72. The van der Waals surface area contributed by atoms with Crippen LogP contribution in [0, 0.1) is 17.7 Å². The Balaban J connectivity index is 1.63. The quantitative estimate of drug-likeness (QED) is 0.708. The van der Waals surface area contributed by atoms with Gasteiger partial charge in [-0.2, -0.15) is 8.78 Å². The molecule has 0 amide bonds. The number of pyridine rings is 1. The fourth-order valence-electron chi connectivity index (χ4n) is 3.41. The van der Waals surface area contributed by atoms with Crippen molar-refractivity contribution in [1.82, 2.24) is 4.98 Å². The van der Waals surface area contributed by atoms with Crippen molar-refractivity contribution in [3.63, 3.8) is 0 Å². The number of hydrogen-bond acceptors (Lipinski definition) is 7. The number of benzene rings is 1. The third-order valence-corrected chi connectivity index (χ3v) is 5.29. The van der Waals surface area contributed by atoms with Crippen LogP contribution >= 0.6 is 0 Å². The fourth-order valence-corrected chi connectivity index (χ4v) is 3.41. The molecule has 0 saturated carbocycles. The molecule has 3 heterocycles. The Labute approximate surface area is 182 Å². The minimum Gasteiger partial charge on any atom is -0.479 e. The first-order chi connectivity index (χ1) is 15.2. The van der Waals surface area contributed by atoms with Crippen LogP contribution in [-0.4, -0.2) is 36.0 Å². The normalized spacial score (nSPS) is 21.0. The molecule has 10 heteroatoms. The van der Waals surface area contributed by atoms with Gasteiger partial charge >= 0.3 is 5.92 Å². The maximum Gasteiger partial charge on any atom is 0.310 e. The zero-order valence-electron chi connectivity index (χ0n) is 17.4. The average Bonchev–Trinajstić information content (AvgIpc) is 2.77. The Hall–Kier alpha value is -3.74. The standard InChI is InChI=1S/C22H20F3N5O2/c1-3-4-7-31-14-5-6-17(27-11-14)19-28-10-13-8-16(23)15(9-18(13)29-19)21(2)22(24,25)12-32-20(26)30-21/h5-6,8-9,11H,7,10,12H2,1-2H3,(H2,26,30)(H,28,29)/t21-/m1/s1. The van der Waals surface area contributed by atoms with Crippen LogP contribution in [0.1, 0.15) is 30.7 Å². The molecular weight excluding hydrogens is 423 g/mol. The third kappa shape index (κ3) is 3.82. The number of ether oxygens (including phenoxy) is 2. The molecule has 0 saturated heterocycles. The first-order valence-electron chi connectivity index (χ1n) is 9.72. The summed E-state index contributed by atoms with van der Waals surface area (Å²) >= 11 is 0. The lowest BCUT2D eigenvalue weighted by atomic mass is 9.84. The Bertz CT molecular complexity index is 1170. The minimum absolute atomic E-state index is 0.155. The molecule has 166 valence electrons. The summed E-state index contributed by atoms with van der Waals surface area (Å²) in [6.45, 7) is 2.27. The van der Waals surface area contributed by atoms with E-state index in [2.05, 4.69) is 36.9 Å². The van der Waals surface area contributed by atoms with E-state index in [1.807, 2.05) is 0 Å². The lowest BCUT2D eigenvalue weighted by molar-refractivity contribution is -0.117. The summed E-state index contributed by atoms with van der Waals surface area (Å²) in [5, 5.41) is 3.05. The van der Waals surface area contributed by atoms with Crippen LogP contribution in [0.4, 0.5) is 18.9 Å². The van der Waals surface area contributed by atoms with Crippen molar-refractivity contribution in [2.75, 3.05) is 18.5 Å². The summed E-state index contributed by atoms with van der Waals surface area (Å²) < 4.78 is 54.4. The smallest absolute Gasteiger partial charge is 0.310 e. The van der Waals surface area contributed by atoms with E-state index in [0.29, 0.717) is 28.5 Å². The van der Waals surface area contributed by atoms with Crippen molar-refractivity contribution in [3.8, 4) is 17.6 Å². The van der Waals surface area contributed by atoms with Crippen LogP contribution in [0.25, 0.3) is 0 Å². The van der Waals surface area contributed by atoms with Gasteiger partial charge in [-0.25, -0.2) is 14.4 Å². The number of rotatable bonds is 4. The van der Waals surface area contributed by atoms with E-state index in [1.54, 1.807) is 19.1 Å². The molecule has 2 aromatic rings. The molecule has 0 fully saturated rings. The molecular formula is C22H20F3N5O2. The SMILES string of the molecule is CC#CCOc1ccc(C2=NCc3cc(F)c([C@@]4(C)N=C(N)OCC4(F)F)cc3N2)nc1. The van der Waals surface area contributed by atoms with Crippen LogP contribution in [0.2, 0.25) is 0 Å². The zero-order chi connectivity index (χ0) is 22.9. The lowest BCUT2D eigenvalue weighted by Gasteiger charge is -2.38. The molecule has 32 heavy (non-hydrogen) atoms. The Kier molecular flexibility index (Phi) is 5.42. The van der Waals surface area contributed by atoms with E-state index in [1.165, 1.54) is 18.3 Å². The predicted molar refractivity (Wildman–Crippen MR) is 113 cm³/mol. The Morgan fingerprint density at radius 3 is 2.84 bits per heavy atom. The highest BCUT2D eigenvalue weighted by Crippen LogP contribution is 2.45. The predicted octanol–water partition coefficient (Wildman–Crippen LogP) is 3.19. The van der Waals surface area contributed by atoms with Crippen molar-refractivity contribution in [2.24, 2.45) is 15.7 Å². The summed E-state index contributed by atoms with van der Waals surface area (Å²) in [5.74, 6) is 2.20. The van der Waals surface area contributed by atoms with Crippen molar-refractivity contribution in [3.05, 3.63) is 53.1 Å². The summed E-state index contributed by atoms with van der Waals surface area (Å²) in [4.78, 5) is 12.5. The van der Waals surface area contributed by atoms with Gasteiger partial charge in [-0.15, -0.1) is 5.92 Å². The van der Waals surface area contributed by atoms with Gasteiger partial charge in [0, 0.05) is 16.8 Å². The molecule has 2 aliphatic heterocycles. The molecule has 0 spiro atoms. The van der Waals surface area contributed by atoms with E-state index < -0.39 is 29.9 Å². The maximum absolute atomic E-state index is 14.9. The molecule has 0 bridgehead atoms. The highest BCUT2D eigenvalue weighted by molar-refractivity contribution is 6.08. The molecule has 1 aromatic carbocycles. The molecule has 3 N–H and O–H groups in total. The van der Waals surface area contributed by atoms with Crippen LogP contribution in [0.5, 0.6) is 5.75 Å². The molecule has 0 radical (unpaired) electrons. The van der Waals surface area contributed by atoms with E-state index in [-0.39, 0.29) is 18.7 Å². The molecule has 0 unspecified atom stereocenters. The summed E-state index contributed by atoms with van der Waals surface area (Å²) in [6.07, 6.45) is 1.53. The maximum atomic E-state index is 14.9. The Morgan fingerprint density at radius 1 is 1.31 bits per heavy atom. The molecule has 1 aromatic heterocycles. The number of alkyl halides is 2. The number of nitrogens with zero attached hydrogens (tertiary/aromatic N) is 3. The van der Waals surface area contributed by atoms with Crippen molar-refractivity contribution < 1.29 is 22.6 Å². The van der Waals surface area contributed by atoms with Crippen molar-refractivity contribution in [2.45, 2.75) is 31.9 Å². The highest BCUT2D eigenvalue weighted by atomic mass is 19.3. The van der Waals surface area contributed by atoms with Crippen molar-refractivity contribution in [1.29, 1.82) is 0 Å². The molecule has 1 atom stereocenters. The van der Waals surface area contributed by atoms with Gasteiger partial charge < -0.3 is 20.5 Å². The number of amidine groups is 2. The summed E-state index contributed by atoms with van der Waals surface area (Å²) in [6, 6.07) is 5.50. The number of fused-ring (bicyclic) bond motifs is 1. The van der Waals surface area contributed by atoms with Gasteiger partial charge in [-0.05, 0) is 38.1 Å². The van der Waals surface area contributed by atoms with Gasteiger partial charge in [0.15, 0.2) is 18.0 Å². The largest absolute Gasteiger partial charge is 0.479 e. The number of halogens is 3. The number of anilines is 1. The second kappa shape index (κ2) is 8.07. The van der Waals surface area contributed by atoms with Crippen LogP contribution in [0.3, 0.4) is 0 Å². The second-order valence-electron chi connectivity index (χ2n) is 7.39. The summed E-state index contributed by atoms with van der Waals surface area (Å²) in [7, 11) is 0. The van der Waals surface area contributed by atoms with E-state index in [0.717, 1.165) is 6.92 Å². The van der Waals surface area contributed by atoms with Gasteiger partial charge in [0.2, 0.25) is 0 Å². The van der Waals surface area contributed by atoms with Crippen LogP contribution < -0.4 is 15.8 Å². The minimum atomic E-state index is -3.46. The fraction of sp³-hybridized carbons (Fsp3) is 0.318. The monoisotopic (exact) mass is 443 g/mol. The average molecular weight is 443 g/mol. The zero-order valence-corrected chi connectivity index (χ0v) is 17.4. The van der Waals surface area contributed by atoms with Gasteiger partial charge in [-0.1, -0.05) is 5.92 Å². The number of aliphatic imine (C=N–C) groups is 2. The number of hydrogen-bond donors (Lipinski definition) is 2. The van der Waals surface area contributed by atoms with Crippen molar-refractivity contribution >= 4 is 17.5 Å². The molecule has 4 rings (SSSR count). The number of nitrogens with two attached hydrogens (primary N) is 1. The second-order valence-corrected chi connectivity index (χ2v) is 7.39.